The second-order valence-corrected chi connectivity index (χ2v) is 8.62. The van der Waals surface area contributed by atoms with E-state index < -0.39 is 28.0 Å². The summed E-state index contributed by atoms with van der Waals surface area (Å²) in [4.78, 5) is 11.9. The van der Waals surface area contributed by atoms with E-state index >= 15 is 0 Å². The number of nitrogens with one attached hydrogen (secondary N) is 1. The van der Waals surface area contributed by atoms with Crippen molar-refractivity contribution in [1.29, 1.82) is 0 Å². The molecule has 2 aromatic carbocycles. The van der Waals surface area contributed by atoms with E-state index in [9.17, 15) is 13.2 Å². The molecule has 0 radical (unpaired) electrons. The van der Waals surface area contributed by atoms with Gasteiger partial charge in [-0.15, -0.1) is 0 Å². The average molecular weight is 407 g/mol. The Morgan fingerprint density at radius 2 is 1.64 bits per heavy atom. The maximum Gasteiger partial charge on any atom is 0.409 e. The minimum absolute atomic E-state index is 0.0834. The van der Waals surface area contributed by atoms with Crippen LogP contribution in [0.2, 0.25) is 0 Å². The first-order chi connectivity index (χ1) is 13.1. The molecule has 1 N–H and O–H groups in total. The van der Waals surface area contributed by atoms with Crippen molar-refractivity contribution in [1.82, 2.24) is 5.32 Å². The molecule has 2 aromatic rings. The van der Waals surface area contributed by atoms with Gasteiger partial charge in [0.05, 0.1) is 0 Å². The fourth-order valence-electron chi connectivity index (χ4n) is 2.29. The molecular weight excluding hydrogens is 382 g/mol. The lowest BCUT2D eigenvalue weighted by atomic mass is 10.1. The Morgan fingerprint density at radius 1 is 1.04 bits per heavy atom. The van der Waals surface area contributed by atoms with E-state index in [0.717, 1.165) is 5.56 Å². The molecule has 0 spiro atoms. The highest BCUT2D eigenvalue weighted by Gasteiger charge is 2.20. The number of carbonyl (C=O) groups is 1. The number of ether oxygens (including phenoxy) is 2. The monoisotopic (exact) mass is 407 g/mol. The third-order valence-corrected chi connectivity index (χ3v) is 4.81. The Labute approximate surface area is 165 Å². The highest BCUT2D eigenvalue weighted by Crippen LogP contribution is 2.19. The molecule has 7 nitrogen and oxygen atoms in total. The predicted molar refractivity (Wildman–Crippen MR) is 105 cm³/mol. The van der Waals surface area contributed by atoms with E-state index in [-0.39, 0.29) is 10.6 Å². The van der Waals surface area contributed by atoms with Crippen molar-refractivity contribution >= 4 is 16.2 Å². The molecule has 1 amide bonds. The summed E-state index contributed by atoms with van der Waals surface area (Å²) in [6.45, 7) is 5.32. The Hall–Kier alpha value is -2.58. The van der Waals surface area contributed by atoms with E-state index in [0.29, 0.717) is 6.42 Å². The summed E-state index contributed by atoms with van der Waals surface area (Å²) in [6, 6.07) is 14.4. The molecular formula is C20H25NO6S. The molecule has 0 saturated carbocycles. The van der Waals surface area contributed by atoms with E-state index in [4.69, 9.17) is 13.7 Å². The second kappa shape index (κ2) is 9.07. The smallest absolute Gasteiger partial charge is 0.409 e. The van der Waals surface area contributed by atoms with Gasteiger partial charge in [0.2, 0.25) is 0 Å². The number of methoxy groups -OCH3 is 1. The summed E-state index contributed by atoms with van der Waals surface area (Å²) in [5.74, 6) is 0.196. The number of alkyl carbamates (subject to hydrolysis) is 1. The highest BCUT2D eigenvalue weighted by molar-refractivity contribution is 7.87. The number of carbonyl (C=O) groups excluding carboxylic acids is 1. The van der Waals surface area contributed by atoms with Gasteiger partial charge in [-0.25, -0.2) is 4.79 Å². The van der Waals surface area contributed by atoms with Gasteiger partial charge in [0.1, 0.15) is 22.5 Å². The predicted octanol–water partition coefficient (Wildman–Crippen LogP) is 3.49. The van der Waals surface area contributed by atoms with Crippen molar-refractivity contribution in [2.75, 3.05) is 7.11 Å². The summed E-state index contributed by atoms with van der Waals surface area (Å²) in [7, 11) is -2.41. The van der Waals surface area contributed by atoms with Gasteiger partial charge in [-0.1, -0.05) is 30.3 Å². The van der Waals surface area contributed by atoms with Crippen molar-refractivity contribution in [2.45, 2.75) is 43.9 Å². The first-order valence-electron chi connectivity index (χ1n) is 8.70. The molecule has 0 heterocycles. The third kappa shape index (κ3) is 6.86. The van der Waals surface area contributed by atoms with Crippen LogP contribution in [0, 0.1) is 0 Å². The molecule has 1 unspecified atom stereocenters. The Kier molecular flexibility index (Phi) is 7.04. The SMILES string of the molecule is COC(Cc1ccc(OS(=O)(=O)c2ccccc2)cc1)NC(=O)OC(C)(C)C. The van der Waals surface area contributed by atoms with Crippen molar-refractivity contribution in [2.24, 2.45) is 0 Å². The molecule has 0 fully saturated rings. The summed E-state index contributed by atoms with van der Waals surface area (Å²) in [5, 5.41) is 2.64. The van der Waals surface area contributed by atoms with E-state index in [1.165, 1.54) is 19.2 Å². The zero-order valence-electron chi connectivity index (χ0n) is 16.3. The van der Waals surface area contributed by atoms with Gasteiger partial charge in [0.25, 0.3) is 0 Å². The van der Waals surface area contributed by atoms with Crippen LogP contribution in [0.1, 0.15) is 26.3 Å². The number of rotatable bonds is 7. The maximum atomic E-state index is 12.2. The zero-order valence-corrected chi connectivity index (χ0v) is 17.2. The first-order valence-corrected chi connectivity index (χ1v) is 10.1. The van der Waals surface area contributed by atoms with Gasteiger partial charge in [0.15, 0.2) is 0 Å². The molecule has 0 aromatic heterocycles. The van der Waals surface area contributed by atoms with Crippen LogP contribution >= 0.6 is 0 Å². The molecule has 0 aliphatic heterocycles. The Bertz CT molecular complexity index is 873. The molecule has 0 aliphatic carbocycles. The molecule has 0 bridgehead atoms. The average Bonchev–Trinajstić information content (AvgIpc) is 2.61. The quantitative estimate of drug-likeness (QED) is 0.558. The number of amides is 1. The Morgan fingerprint density at radius 3 is 2.18 bits per heavy atom. The van der Waals surface area contributed by atoms with Crippen LogP contribution in [0.25, 0.3) is 0 Å². The normalized spacial score (nSPS) is 12.9. The van der Waals surface area contributed by atoms with Crippen LogP contribution in [0.15, 0.2) is 59.5 Å². The first kappa shape index (κ1) is 21.7. The summed E-state index contributed by atoms with van der Waals surface area (Å²) in [5.41, 5.74) is 0.221. The molecule has 8 heteroatoms. The van der Waals surface area contributed by atoms with Crippen molar-refractivity contribution < 1.29 is 26.9 Å². The van der Waals surface area contributed by atoms with Gasteiger partial charge in [-0.3, -0.25) is 5.32 Å². The lowest BCUT2D eigenvalue weighted by molar-refractivity contribution is 0.0240. The summed E-state index contributed by atoms with van der Waals surface area (Å²) in [6.07, 6.45) is -0.788. The highest BCUT2D eigenvalue weighted by atomic mass is 32.2. The molecule has 0 aliphatic rings. The van der Waals surface area contributed by atoms with Crippen LogP contribution < -0.4 is 9.50 Å². The molecule has 0 saturated heterocycles. The van der Waals surface area contributed by atoms with Crippen LogP contribution in [0.3, 0.4) is 0 Å². The fraction of sp³-hybridized carbons (Fsp3) is 0.350. The number of hydrogen-bond donors (Lipinski definition) is 1. The van der Waals surface area contributed by atoms with Crippen molar-refractivity contribution in [3.05, 3.63) is 60.2 Å². The van der Waals surface area contributed by atoms with Gasteiger partial charge in [-0.2, -0.15) is 8.42 Å². The van der Waals surface area contributed by atoms with Crippen molar-refractivity contribution in [3.63, 3.8) is 0 Å². The van der Waals surface area contributed by atoms with Crippen LogP contribution in [0.4, 0.5) is 4.79 Å². The van der Waals surface area contributed by atoms with Gasteiger partial charge in [0, 0.05) is 13.5 Å². The zero-order chi connectivity index (χ0) is 20.8. The largest absolute Gasteiger partial charge is 0.444 e. The Balaban J connectivity index is 1.99. The van der Waals surface area contributed by atoms with E-state index in [1.54, 1.807) is 63.2 Å². The third-order valence-electron chi connectivity index (χ3n) is 3.54. The van der Waals surface area contributed by atoms with E-state index in [2.05, 4.69) is 5.32 Å². The van der Waals surface area contributed by atoms with Crippen molar-refractivity contribution in [3.8, 4) is 5.75 Å². The van der Waals surface area contributed by atoms with Gasteiger partial charge >= 0.3 is 16.2 Å². The van der Waals surface area contributed by atoms with E-state index in [1.807, 2.05) is 0 Å². The molecule has 152 valence electrons. The standard InChI is InChI=1S/C20H25NO6S/c1-20(2,3)26-19(22)21-18(25-4)14-15-10-12-16(13-11-15)27-28(23,24)17-8-6-5-7-9-17/h5-13,18H,14H2,1-4H3,(H,21,22). The van der Waals surface area contributed by atoms with Gasteiger partial charge in [-0.05, 0) is 50.6 Å². The van der Waals surface area contributed by atoms with Crippen LogP contribution in [-0.2, 0) is 26.0 Å². The van der Waals surface area contributed by atoms with Crippen LogP contribution in [0.5, 0.6) is 5.75 Å². The summed E-state index contributed by atoms with van der Waals surface area (Å²) >= 11 is 0. The number of hydrogen-bond acceptors (Lipinski definition) is 6. The molecule has 1 atom stereocenters. The summed E-state index contributed by atoms with van der Waals surface area (Å²) < 4.78 is 40.1. The topological polar surface area (TPSA) is 90.9 Å². The van der Waals surface area contributed by atoms with Crippen LogP contribution in [-0.4, -0.2) is 33.4 Å². The minimum Gasteiger partial charge on any atom is -0.444 e. The lowest BCUT2D eigenvalue weighted by Crippen LogP contribution is -2.41. The second-order valence-electron chi connectivity index (χ2n) is 7.07. The molecule has 2 rings (SSSR count). The fourth-order valence-corrected chi connectivity index (χ4v) is 3.24. The number of benzene rings is 2. The lowest BCUT2D eigenvalue weighted by Gasteiger charge is -2.23. The minimum atomic E-state index is -3.89. The van der Waals surface area contributed by atoms with Gasteiger partial charge < -0.3 is 13.7 Å². The maximum absolute atomic E-state index is 12.2. The molecule has 28 heavy (non-hydrogen) atoms.